The van der Waals surface area contributed by atoms with Gasteiger partial charge in [-0.2, -0.15) is 0 Å². The summed E-state index contributed by atoms with van der Waals surface area (Å²) in [5.41, 5.74) is 1.14. The first-order chi connectivity index (χ1) is 10.7. The molecule has 1 saturated carbocycles. The first-order valence-corrected chi connectivity index (χ1v) is 7.69. The number of benzene rings is 1. The van der Waals surface area contributed by atoms with Crippen molar-refractivity contribution in [3.05, 3.63) is 47.9 Å². The van der Waals surface area contributed by atoms with Crippen molar-refractivity contribution >= 4 is 17.4 Å². The molecule has 114 valence electrons. The molecule has 0 unspecified atom stereocenters. The SMILES string of the molecule is Cc1nc(NC2CCCC2)cc(C(=O)Nc2ccccc2)n1. The van der Waals surface area contributed by atoms with Gasteiger partial charge in [-0.05, 0) is 31.9 Å². The molecule has 3 rings (SSSR count). The zero-order chi connectivity index (χ0) is 15.4. The van der Waals surface area contributed by atoms with Crippen molar-refractivity contribution < 1.29 is 4.79 Å². The molecule has 1 amide bonds. The average Bonchev–Trinajstić information content (AvgIpc) is 3.00. The minimum atomic E-state index is -0.217. The molecule has 1 fully saturated rings. The highest BCUT2D eigenvalue weighted by molar-refractivity contribution is 6.03. The maximum absolute atomic E-state index is 12.3. The Morgan fingerprint density at radius 1 is 1.14 bits per heavy atom. The molecule has 5 nitrogen and oxygen atoms in total. The zero-order valence-corrected chi connectivity index (χ0v) is 12.7. The van der Waals surface area contributed by atoms with Crippen molar-refractivity contribution in [2.45, 2.75) is 38.6 Å². The second-order valence-corrected chi connectivity index (χ2v) is 5.63. The highest BCUT2D eigenvalue weighted by Gasteiger charge is 2.17. The average molecular weight is 296 g/mol. The molecule has 0 aliphatic heterocycles. The van der Waals surface area contributed by atoms with Gasteiger partial charge in [-0.1, -0.05) is 31.0 Å². The Balaban J connectivity index is 1.75. The van der Waals surface area contributed by atoms with Gasteiger partial charge < -0.3 is 10.6 Å². The molecule has 1 aromatic heterocycles. The van der Waals surface area contributed by atoms with E-state index >= 15 is 0 Å². The summed E-state index contributed by atoms with van der Waals surface area (Å²) in [5, 5.41) is 6.26. The molecule has 0 bridgehead atoms. The van der Waals surface area contributed by atoms with Crippen molar-refractivity contribution in [3.8, 4) is 0 Å². The number of carbonyl (C=O) groups excluding carboxylic acids is 1. The normalized spacial score (nSPS) is 14.8. The summed E-state index contributed by atoms with van der Waals surface area (Å²) in [5.74, 6) is 1.12. The molecule has 0 radical (unpaired) electrons. The largest absolute Gasteiger partial charge is 0.367 e. The number of para-hydroxylation sites is 1. The molecule has 0 saturated heterocycles. The van der Waals surface area contributed by atoms with Gasteiger partial charge in [0.2, 0.25) is 0 Å². The number of amides is 1. The van der Waals surface area contributed by atoms with Crippen LogP contribution in [0.15, 0.2) is 36.4 Å². The van der Waals surface area contributed by atoms with Gasteiger partial charge >= 0.3 is 0 Å². The number of carbonyl (C=O) groups is 1. The molecule has 5 heteroatoms. The third-order valence-corrected chi connectivity index (χ3v) is 3.81. The van der Waals surface area contributed by atoms with Gasteiger partial charge in [0, 0.05) is 17.8 Å². The monoisotopic (exact) mass is 296 g/mol. The summed E-state index contributed by atoms with van der Waals surface area (Å²) in [4.78, 5) is 21.0. The first kappa shape index (κ1) is 14.5. The molecule has 2 N–H and O–H groups in total. The van der Waals surface area contributed by atoms with Crippen molar-refractivity contribution in [1.29, 1.82) is 0 Å². The topological polar surface area (TPSA) is 66.9 Å². The van der Waals surface area contributed by atoms with E-state index in [9.17, 15) is 4.79 Å². The van der Waals surface area contributed by atoms with E-state index in [1.54, 1.807) is 13.0 Å². The summed E-state index contributed by atoms with van der Waals surface area (Å²) < 4.78 is 0. The second-order valence-electron chi connectivity index (χ2n) is 5.63. The minimum Gasteiger partial charge on any atom is -0.367 e. The number of anilines is 2. The van der Waals surface area contributed by atoms with Gasteiger partial charge in [0.1, 0.15) is 17.3 Å². The van der Waals surface area contributed by atoms with Crippen LogP contribution in [0.1, 0.15) is 42.0 Å². The maximum atomic E-state index is 12.3. The van der Waals surface area contributed by atoms with E-state index in [1.165, 1.54) is 12.8 Å². The predicted molar refractivity (Wildman–Crippen MR) is 87.0 cm³/mol. The summed E-state index contributed by atoms with van der Waals surface area (Å²) in [7, 11) is 0. The lowest BCUT2D eigenvalue weighted by Crippen LogP contribution is -2.19. The molecule has 2 aromatic rings. The van der Waals surface area contributed by atoms with Gasteiger partial charge in [0.05, 0.1) is 0 Å². The number of aryl methyl sites for hydroxylation is 1. The lowest BCUT2D eigenvalue weighted by molar-refractivity contribution is 0.102. The molecule has 1 aliphatic rings. The van der Waals surface area contributed by atoms with Gasteiger partial charge in [-0.15, -0.1) is 0 Å². The Bertz CT molecular complexity index is 651. The van der Waals surface area contributed by atoms with Crippen molar-refractivity contribution in [2.75, 3.05) is 10.6 Å². The van der Waals surface area contributed by atoms with E-state index in [0.717, 1.165) is 24.3 Å². The quantitative estimate of drug-likeness (QED) is 0.907. The zero-order valence-electron chi connectivity index (χ0n) is 12.7. The van der Waals surface area contributed by atoms with E-state index in [2.05, 4.69) is 20.6 Å². The molecule has 1 heterocycles. The first-order valence-electron chi connectivity index (χ1n) is 7.69. The number of aromatic nitrogens is 2. The van der Waals surface area contributed by atoms with Gasteiger partial charge in [0.25, 0.3) is 5.91 Å². The number of nitrogens with zero attached hydrogens (tertiary/aromatic N) is 2. The molecule has 0 atom stereocenters. The highest BCUT2D eigenvalue weighted by atomic mass is 16.1. The molecular formula is C17H20N4O. The molecular weight excluding hydrogens is 276 g/mol. The van der Waals surface area contributed by atoms with Crippen LogP contribution in [0.3, 0.4) is 0 Å². The van der Waals surface area contributed by atoms with Gasteiger partial charge in [0.15, 0.2) is 0 Å². The molecule has 1 aliphatic carbocycles. The van der Waals surface area contributed by atoms with Crippen molar-refractivity contribution in [1.82, 2.24) is 9.97 Å². The van der Waals surface area contributed by atoms with Gasteiger partial charge in [-0.25, -0.2) is 9.97 Å². The number of hydrogen-bond donors (Lipinski definition) is 2. The lowest BCUT2D eigenvalue weighted by atomic mass is 10.2. The summed E-state index contributed by atoms with van der Waals surface area (Å²) in [6.07, 6.45) is 4.83. The Morgan fingerprint density at radius 3 is 2.59 bits per heavy atom. The summed E-state index contributed by atoms with van der Waals surface area (Å²) in [6, 6.07) is 11.6. The third-order valence-electron chi connectivity index (χ3n) is 3.81. The number of rotatable bonds is 4. The highest BCUT2D eigenvalue weighted by Crippen LogP contribution is 2.21. The Morgan fingerprint density at radius 2 is 1.86 bits per heavy atom. The van der Waals surface area contributed by atoms with Crippen LogP contribution >= 0.6 is 0 Å². The smallest absolute Gasteiger partial charge is 0.274 e. The van der Waals surface area contributed by atoms with Crippen LogP contribution in [0.25, 0.3) is 0 Å². The maximum Gasteiger partial charge on any atom is 0.274 e. The Hall–Kier alpha value is -2.43. The Labute approximate surface area is 130 Å². The van der Waals surface area contributed by atoms with Crippen LogP contribution in [-0.2, 0) is 0 Å². The van der Waals surface area contributed by atoms with Gasteiger partial charge in [-0.3, -0.25) is 4.79 Å². The van der Waals surface area contributed by atoms with Crippen LogP contribution < -0.4 is 10.6 Å². The summed E-state index contributed by atoms with van der Waals surface area (Å²) >= 11 is 0. The second kappa shape index (κ2) is 6.56. The van der Waals surface area contributed by atoms with E-state index in [4.69, 9.17) is 0 Å². The third kappa shape index (κ3) is 3.61. The molecule has 22 heavy (non-hydrogen) atoms. The standard InChI is InChI=1S/C17H20N4O/c1-12-18-15(17(22)21-14-7-3-2-4-8-14)11-16(19-12)20-13-9-5-6-10-13/h2-4,7-8,11,13H,5-6,9-10H2,1H3,(H,21,22)(H,18,19,20). The van der Waals surface area contributed by atoms with E-state index in [1.807, 2.05) is 30.3 Å². The van der Waals surface area contributed by atoms with Crippen LogP contribution in [0.2, 0.25) is 0 Å². The van der Waals surface area contributed by atoms with Crippen LogP contribution in [0, 0.1) is 6.92 Å². The summed E-state index contributed by atoms with van der Waals surface area (Å²) in [6.45, 7) is 1.80. The van der Waals surface area contributed by atoms with Crippen molar-refractivity contribution in [2.24, 2.45) is 0 Å². The van der Waals surface area contributed by atoms with E-state index < -0.39 is 0 Å². The van der Waals surface area contributed by atoms with Crippen molar-refractivity contribution in [3.63, 3.8) is 0 Å². The Kier molecular flexibility index (Phi) is 4.32. The molecule has 1 aromatic carbocycles. The number of nitrogens with one attached hydrogen (secondary N) is 2. The van der Waals surface area contributed by atoms with E-state index in [0.29, 0.717) is 17.6 Å². The van der Waals surface area contributed by atoms with Crippen LogP contribution in [0.5, 0.6) is 0 Å². The fourth-order valence-corrected chi connectivity index (χ4v) is 2.75. The lowest BCUT2D eigenvalue weighted by Gasteiger charge is -2.14. The number of hydrogen-bond acceptors (Lipinski definition) is 4. The fraction of sp³-hybridized carbons (Fsp3) is 0.353. The molecule has 0 spiro atoms. The van der Waals surface area contributed by atoms with E-state index in [-0.39, 0.29) is 5.91 Å². The fourth-order valence-electron chi connectivity index (χ4n) is 2.75. The predicted octanol–water partition coefficient (Wildman–Crippen LogP) is 3.39. The van der Waals surface area contributed by atoms with Crippen LogP contribution in [0.4, 0.5) is 11.5 Å². The van der Waals surface area contributed by atoms with Crippen LogP contribution in [-0.4, -0.2) is 21.9 Å². The minimum absolute atomic E-state index is 0.217.